The molecule has 0 aliphatic heterocycles. The maximum absolute atomic E-state index is 8.48. The minimum absolute atomic E-state index is 0.0620. The molecular weight excluding hydrogens is 160 g/mol. The lowest BCUT2D eigenvalue weighted by Gasteiger charge is -1.92. The lowest BCUT2D eigenvalue weighted by atomic mass is 10.2. The van der Waals surface area contributed by atoms with Gasteiger partial charge in [0.15, 0.2) is 0 Å². The number of halogens is 1. The summed E-state index contributed by atoms with van der Waals surface area (Å²) in [5.74, 6) is 0. The molecule has 1 N–H and O–H groups in total. The molecule has 0 aromatic heterocycles. The largest absolute Gasteiger partial charge is 0.392 e. The number of aliphatic hydroxyl groups excluding tert-OH is 1. The maximum atomic E-state index is 8.48. The monoisotopic (exact) mass is 168 g/mol. The number of aliphatic hydroxyl groups is 1. The summed E-state index contributed by atoms with van der Waals surface area (Å²) >= 11 is 5.73. The van der Waals surface area contributed by atoms with Crippen molar-refractivity contribution in [2.75, 3.05) is 6.61 Å². The molecule has 0 aliphatic rings. The Morgan fingerprint density at radius 3 is 2.91 bits per heavy atom. The molecule has 0 radical (unpaired) electrons. The molecule has 11 heavy (non-hydrogen) atoms. The highest BCUT2D eigenvalue weighted by Gasteiger charge is 1.86. The highest BCUT2D eigenvalue weighted by Crippen LogP contribution is 2.11. The van der Waals surface area contributed by atoms with Gasteiger partial charge in [0, 0.05) is 5.02 Å². The highest BCUT2D eigenvalue weighted by molar-refractivity contribution is 6.30. The molecular formula is C9H9ClO. The molecule has 0 amide bonds. The average molecular weight is 169 g/mol. The van der Waals surface area contributed by atoms with Gasteiger partial charge in [-0.05, 0) is 17.7 Å². The van der Waals surface area contributed by atoms with E-state index in [9.17, 15) is 0 Å². The second-order valence-corrected chi connectivity index (χ2v) is 2.58. The zero-order chi connectivity index (χ0) is 8.10. The number of rotatable bonds is 2. The summed E-state index contributed by atoms with van der Waals surface area (Å²) in [6.07, 6.45) is 3.50. The molecule has 0 heterocycles. The normalized spacial score (nSPS) is 10.7. The number of hydrogen-bond donors (Lipinski definition) is 1. The molecule has 0 atom stereocenters. The van der Waals surface area contributed by atoms with Crippen LogP contribution in [-0.4, -0.2) is 11.7 Å². The topological polar surface area (TPSA) is 20.2 Å². The van der Waals surface area contributed by atoms with Gasteiger partial charge < -0.3 is 5.11 Å². The third-order valence-corrected chi connectivity index (χ3v) is 1.50. The van der Waals surface area contributed by atoms with Crippen LogP contribution in [0.2, 0.25) is 5.02 Å². The van der Waals surface area contributed by atoms with Crippen LogP contribution >= 0.6 is 11.6 Å². The Morgan fingerprint density at radius 2 is 2.27 bits per heavy atom. The maximum Gasteiger partial charge on any atom is 0.0615 e. The average Bonchev–Trinajstić information content (AvgIpc) is 2.01. The fourth-order valence-electron chi connectivity index (χ4n) is 0.799. The van der Waals surface area contributed by atoms with Gasteiger partial charge in [-0.2, -0.15) is 0 Å². The van der Waals surface area contributed by atoms with E-state index in [0.29, 0.717) is 5.02 Å². The van der Waals surface area contributed by atoms with Gasteiger partial charge in [0.2, 0.25) is 0 Å². The Balaban J connectivity index is 2.79. The molecule has 0 saturated carbocycles. The Bertz CT molecular complexity index is 255. The zero-order valence-electron chi connectivity index (χ0n) is 6.00. The molecule has 0 fully saturated rings. The first kappa shape index (κ1) is 8.31. The van der Waals surface area contributed by atoms with Gasteiger partial charge in [-0.15, -0.1) is 0 Å². The van der Waals surface area contributed by atoms with Gasteiger partial charge in [0.05, 0.1) is 6.61 Å². The summed E-state index contributed by atoms with van der Waals surface area (Å²) in [6, 6.07) is 7.46. The van der Waals surface area contributed by atoms with Crippen molar-refractivity contribution in [1.29, 1.82) is 0 Å². The fraction of sp³-hybridized carbons (Fsp3) is 0.111. The van der Waals surface area contributed by atoms with Crippen LogP contribution < -0.4 is 0 Å². The molecule has 1 nitrogen and oxygen atoms in total. The molecule has 0 spiro atoms. The molecule has 58 valence electrons. The van der Waals surface area contributed by atoms with Crippen molar-refractivity contribution in [3.05, 3.63) is 40.9 Å². The van der Waals surface area contributed by atoms with Gasteiger partial charge in [-0.1, -0.05) is 35.9 Å². The van der Waals surface area contributed by atoms with E-state index in [1.165, 1.54) is 0 Å². The first-order valence-corrected chi connectivity index (χ1v) is 3.73. The van der Waals surface area contributed by atoms with E-state index >= 15 is 0 Å². The summed E-state index contributed by atoms with van der Waals surface area (Å²) in [7, 11) is 0. The van der Waals surface area contributed by atoms with Crippen molar-refractivity contribution in [2.45, 2.75) is 0 Å². The van der Waals surface area contributed by atoms with Crippen LogP contribution in [-0.2, 0) is 0 Å². The summed E-state index contributed by atoms with van der Waals surface area (Å²) in [5, 5.41) is 9.19. The minimum Gasteiger partial charge on any atom is -0.392 e. The van der Waals surface area contributed by atoms with Gasteiger partial charge in [0.25, 0.3) is 0 Å². The predicted molar refractivity (Wildman–Crippen MR) is 47.6 cm³/mol. The van der Waals surface area contributed by atoms with Gasteiger partial charge >= 0.3 is 0 Å². The lowest BCUT2D eigenvalue weighted by molar-refractivity contribution is 0.343. The Morgan fingerprint density at radius 1 is 1.45 bits per heavy atom. The van der Waals surface area contributed by atoms with Crippen molar-refractivity contribution in [1.82, 2.24) is 0 Å². The minimum atomic E-state index is 0.0620. The van der Waals surface area contributed by atoms with Crippen molar-refractivity contribution in [3.63, 3.8) is 0 Å². The molecule has 0 bridgehead atoms. The standard InChI is InChI=1S/C9H9ClO/c10-9-5-1-3-8(7-9)4-2-6-11/h1-5,7,11H,6H2/b4-2+. The van der Waals surface area contributed by atoms with E-state index in [0.717, 1.165) is 5.56 Å². The molecule has 2 heteroatoms. The molecule has 1 aromatic rings. The van der Waals surface area contributed by atoms with E-state index in [2.05, 4.69) is 0 Å². The molecule has 0 unspecified atom stereocenters. The Labute approximate surface area is 70.9 Å². The third-order valence-electron chi connectivity index (χ3n) is 1.26. The molecule has 1 rings (SSSR count). The van der Waals surface area contributed by atoms with Crippen LogP contribution in [0.5, 0.6) is 0 Å². The molecule has 1 aromatic carbocycles. The van der Waals surface area contributed by atoms with Crippen LogP contribution in [0.4, 0.5) is 0 Å². The molecule has 0 saturated heterocycles. The second kappa shape index (κ2) is 4.16. The van der Waals surface area contributed by atoms with E-state index in [-0.39, 0.29) is 6.61 Å². The van der Waals surface area contributed by atoms with Gasteiger partial charge in [-0.25, -0.2) is 0 Å². The predicted octanol–water partition coefficient (Wildman–Crippen LogP) is 2.35. The van der Waals surface area contributed by atoms with E-state index in [1.54, 1.807) is 6.08 Å². The van der Waals surface area contributed by atoms with E-state index in [1.807, 2.05) is 30.3 Å². The first-order chi connectivity index (χ1) is 5.33. The van der Waals surface area contributed by atoms with Gasteiger partial charge in [0.1, 0.15) is 0 Å². The smallest absolute Gasteiger partial charge is 0.0615 e. The lowest BCUT2D eigenvalue weighted by Crippen LogP contribution is -1.73. The van der Waals surface area contributed by atoms with Crippen molar-refractivity contribution in [3.8, 4) is 0 Å². The highest BCUT2D eigenvalue weighted by atomic mass is 35.5. The van der Waals surface area contributed by atoms with Crippen molar-refractivity contribution in [2.24, 2.45) is 0 Å². The molecule has 0 aliphatic carbocycles. The summed E-state index contributed by atoms with van der Waals surface area (Å²) < 4.78 is 0. The number of hydrogen-bond acceptors (Lipinski definition) is 1. The second-order valence-electron chi connectivity index (χ2n) is 2.14. The number of benzene rings is 1. The third kappa shape index (κ3) is 2.74. The summed E-state index contributed by atoms with van der Waals surface area (Å²) in [5.41, 5.74) is 1.01. The quantitative estimate of drug-likeness (QED) is 0.719. The van der Waals surface area contributed by atoms with E-state index < -0.39 is 0 Å². The zero-order valence-corrected chi connectivity index (χ0v) is 6.75. The van der Waals surface area contributed by atoms with Crippen LogP contribution in [0.15, 0.2) is 30.3 Å². The van der Waals surface area contributed by atoms with Gasteiger partial charge in [-0.3, -0.25) is 0 Å². The van der Waals surface area contributed by atoms with Crippen molar-refractivity contribution >= 4 is 17.7 Å². The summed E-state index contributed by atoms with van der Waals surface area (Å²) in [4.78, 5) is 0. The van der Waals surface area contributed by atoms with Crippen molar-refractivity contribution < 1.29 is 5.11 Å². The summed E-state index contributed by atoms with van der Waals surface area (Å²) in [6.45, 7) is 0.0620. The Kier molecular flexibility index (Phi) is 3.14. The SMILES string of the molecule is OC/C=C/c1cccc(Cl)c1. The fourth-order valence-corrected chi connectivity index (χ4v) is 0.998. The van der Waals surface area contributed by atoms with Crippen LogP contribution in [0.25, 0.3) is 6.08 Å². The van der Waals surface area contributed by atoms with Crippen LogP contribution in [0.1, 0.15) is 5.56 Å². The first-order valence-electron chi connectivity index (χ1n) is 3.36. The Hall–Kier alpha value is -0.790. The van der Waals surface area contributed by atoms with Crippen LogP contribution in [0.3, 0.4) is 0 Å². The van der Waals surface area contributed by atoms with Crippen LogP contribution in [0, 0.1) is 0 Å². The van der Waals surface area contributed by atoms with E-state index in [4.69, 9.17) is 16.7 Å².